The number of phenols is 1. The van der Waals surface area contributed by atoms with Gasteiger partial charge < -0.3 is 20.2 Å². The van der Waals surface area contributed by atoms with Gasteiger partial charge in [0.15, 0.2) is 11.3 Å². The lowest BCUT2D eigenvalue weighted by Crippen LogP contribution is -2.20. The van der Waals surface area contributed by atoms with Crippen molar-refractivity contribution in [1.29, 1.82) is 0 Å². The topological polar surface area (TPSA) is 138 Å². The minimum atomic E-state index is -0.412. The number of aromatic nitrogens is 4. The zero-order valence-electron chi connectivity index (χ0n) is 19.2. The predicted molar refractivity (Wildman–Crippen MR) is 140 cm³/mol. The Morgan fingerprint density at radius 1 is 0.917 bits per heavy atom. The van der Waals surface area contributed by atoms with Gasteiger partial charge in [-0.1, -0.05) is 0 Å². The molecule has 5 aromatic rings. The third-order valence-corrected chi connectivity index (χ3v) is 5.70. The number of nitrogens with zero attached hydrogens (tertiary/aromatic N) is 4. The molecule has 2 amide bonds. The molecule has 0 spiro atoms. The van der Waals surface area contributed by atoms with Gasteiger partial charge in [0, 0.05) is 23.1 Å². The van der Waals surface area contributed by atoms with Crippen LogP contribution in [0, 0.1) is 13.8 Å². The number of halogens is 1. The number of pyridine rings is 1. The molecule has 11 heteroatoms. The maximum Gasteiger partial charge on any atom is 0.324 e. The zero-order valence-corrected chi connectivity index (χ0v) is 20.8. The van der Waals surface area contributed by atoms with E-state index in [0.29, 0.717) is 50.3 Å². The molecule has 36 heavy (non-hydrogen) atoms. The molecule has 0 bridgehead atoms. The van der Waals surface area contributed by atoms with Gasteiger partial charge in [-0.2, -0.15) is 4.98 Å². The van der Waals surface area contributed by atoms with E-state index in [1.807, 2.05) is 13.0 Å². The van der Waals surface area contributed by atoms with Crippen molar-refractivity contribution >= 4 is 56.2 Å². The molecule has 0 unspecified atom stereocenters. The van der Waals surface area contributed by atoms with Crippen LogP contribution in [-0.4, -0.2) is 31.1 Å². The lowest BCUT2D eigenvalue weighted by atomic mass is 10.2. The Kier molecular flexibility index (Phi) is 6.21. The molecule has 0 aliphatic heterocycles. The quantitative estimate of drug-likeness (QED) is 0.206. The first kappa shape index (κ1) is 23.2. The molecule has 0 aliphatic rings. The fourth-order valence-corrected chi connectivity index (χ4v) is 3.98. The minimum absolute atomic E-state index is 0.156. The predicted octanol–water partition coefficient (Wildman–Crippen LogP) is 6.15. The molecule has 0 saturated heterocycles. The number of oxazole rings is 1. The number of aromatic hydroxyl groups is 1. The zero-order chi connectivity index (χ0) is 25.2. The highest BCUT2D eigenvalue weighted by Gasteiger charge is 2.16. The number of urea groups is 1. The number of carbonyl (C=O) groups excluding carboxylic acids is 1. The smallest absolute Gasteiger partial charge is 0.324 e. The molecule has 2 aromatic carbocycles. The Morgan fingerprint density at radius 2 is 1.64 bits per heavy atom. The molecule has 3 aromatic heterocycles. The molecule has 0 saturated carbocycles. The molecule has 180 valence electrons. The van der Waals surface area contributed by atoms with Gasteiger partial charge in [-0.05, 0) is 89.9 Å². The Hall–Kier alpha value is -4.51. The van der Waals surface area contributed by atoms with Crippen LogP contribution in [0.1, 0.15) is 11.4 Å². The number of rotatable bonds is 5. The van der Waals surface area contributed by atoms with Crippen molar-refractivity contribution in [2.24, 2.45) is 0 Å². The van der Waals surface area contributed by atoms with E-state index in [1.165, 1.54) is 0 Å². The summed E-state index contributed by atoms with van der Waals surface area (Å²) < 4.78 is 6.53. The minimum Gasteiger partial charge on any atom is -0.508 e. The molecular weight excluding hydrogens is 526 g/mol. The van der Waals surface area contributed by atoms with E-state index in [-0.39, 0.29) is 5.75 Å². The summed E-state index contributed by atoms with van der Waals surface area (Å²) in [6, 6.07) is 15.1. The SMILES string of the molecule is Cc1cnc(NC(=O)Nc2ccc(Nc3nc(C)nc4oc(-c5ccc(O)cc5)nc34)cc2)c(Br)c1. The van der Waals surface area contributed by atoms with Crippen LogP contribution in [0.25, 0.3) is 22.7 Å². The maximum atomic E-state index is 12.4. The highest BCUT2D eigenvalue weighted by molar-refractivity contribution is 9.10. The first-order chi connectivity index (χ1) is 17.3. The summed E-state index contributed by atoms with van der Waals surface area (Å²) in [6.45, 7) is 3.68. The van der Waals surface area contributed by atoms with Crippen molar-refractivity contribution in [2.75, 3.05) is 16.0 Å². The van der Waals surface area contributed by atoms with Crippen molar-refractivity contribution in [3.8, 4) is 17.2 Å². The van der Waals surface area contributed by atoms with Gasteiger partial charge in [-0.25, -0.2) is 19.7 Å². The second kappa shape index (κ2) is 9.62. The summed E-state index contributed by atoms with van der Waals surface area (Å²) >= 11 is 3.40. The number of hydrogen-bond donors (Lipinski definition) is 4. The number of hydrogen-bond acceptors (Lipinski definition) is 8. The molecule has 3 heterocycles. The van der Waals surface area contributed by atoms with Crippen molar-refractivity contribution in [1.82, 2.24) is 19.9 Å². The van der Waals surface area contributed by atoms with Gasteiger partial charge in [0.2, 0.25) is 5.89 Å². The van der Waals surface area contributed by atoms with Crippen LogP contribution in [-0.2, 0) is 0 Å². The van der Waals surface area contributed by atoms with E-state index < -0.39 is 6.03 Å². The summed E-state index contributed by atoms with van der Waals surface area (Å²) in [5.74, 6) is 1.96. The van der Waals surface area contributed by atoms with Gasteiger partial charge in [-0.3, -0.25) is 5.32 Å². The van der Waals surface area contributed by atoms with Crippen molar-refractivity contribution in [3.05, 3.63) is 76.7 Å². The van der Waals surface area contributed by atoms with Crippen LogP contribution in [0.2, 0.25) is 0 Å². The first-order valence-electron chi connectivity index (χ1n) is 10.9. The summed E-state index contributed by atoms with van der Waals surface area (Å²) in [6.07, 6.45) is 1.68. The van der Waals surface area contributed by atoms with Crippen molar-refractivity contribution in [2.45, 2.75) is 13.8 Å². The standard InChI is InChI=1S/C25H20BrN7O3/c1-13-11-19(26)21(27-12-13)33-25(35)31-17-7-5-16(6-8-17)30-22-20-24(29-14(2)28-22)36-23(32-20)15-3-9-18(34)10-4-15/h3-12,34H,1-2H3,(H,28,29,30)(H2,27,31,33,35). The Balaban J connectivity index is 1.31. The summed E-state index contributed by atoms with van der Waals surface area (Å²) in [5, 5.41) is 18.3. The molecule has 0 radical (unpaired) electrons. The lowest BCUT2D eigenvalue weighted by molar-refractivity contribution is 0.262. The van der Waals surface area contributed by atoms with Crippen LogP contribution >= 0.6 is 15.9 Å². The monoisotopic (exact) mass is 545 g/mol. The second-order valence-electron chi connectivity index (χ2n) is 7.96. The third kappa shape index (κ3) is 5.10. The van der Waals surface area contributed by atoms with Crippen LogP contribution < -0.4 is 16.0 Å². The van der Waals surface area contributed by atoms with E-state index in [0.717, 1.165) is 11.3 Å². The van der Waals surface area contributed by atoms with Crippen LogP contribution in [0.4, 0.5) is 27.8 Å². The molecule has 0 aliphatic carbocycles. The highest BCUT2D eigenvalue weighted by Crippen LogP contribution is 2.29. The van der Waals surface area contributed by atoms with Gasteiger partial charge in [0.05, 0.1) is 4.47 Å². The normalized spacial score (nSPS) is 10.9. The highest BCUT2D eigenvalue weighted by atomic mass is 79.9. The van der Waals surface area contributed by atoms with Gasteiger partial charge in [0.25, 0.3) is 5.71 Å². The van der Waals surface area contributed by atoms with E-state index >= 15 is 0 Å². The van der Waals surface area contributed by atoms with Crippen molar-refractivity contribution in [3.63, 3.8) is 0 Å². The number of phenolic OH excluding ortho intramolecular Hbond substituents is 1. The number of anilines is 4. The van der Waals surface area contributed by atoms with Crippen molar-refractivity contribution < 1.29 is 14.3 Å². The van der Waals surface area contributed by atoms with E-state index in [9.17, 15) is 9.90 Å². The first-order valence-corrected chi connectivity index (χ1v) is 11.7. The summed E-state index contributed by atoms with van der Waals surface area (Å²) in [7, 11) is 0. The molecular formula is C25H20BrN7O3. The molecule has 0 fully saturated rings. The lowest BCUT2D eigenvalue weighted by Gasteiger charge is -2.10. The molecule has 10 nitrogen and oxygen atoms in total. The maximum absolute atomic E-state index is 12.4. The Labute approximate surface area is 214 Å². The second-order valence-corrected chi connectivity index (χ2v) is 8.82. The molecule has 0 atom stereocenters. The Bertz CT molecular complexity index is 1570. The van der Waals surface area contributed by atoms with Gasteiger partial charge in [-0.15, -0.1) is 0 Å². The van der Waals surface area contributed by atoms with Crippen LogP contribution in [0.15, 0.2) is 69.7 Å². The molecule has 5 rings (SSSR count). The van der Waals surface area contributed by atoms with E-state index in [1.54, 1.807) is 61.7 Å². The fraction of sp³-hybridized carbons (Fsp3) is 0.0800. The number of benzene rings is 2. The number of aryl methyl sites for hydroxylation is 2. The van der Waals surface area contributed by atoms with Gasteiger partial charge in [0.1, 0.15) is 17.4 Å². The van der Waals surface area contributed by atoms with Crippen LogP contribution in [0.5, 0.6) is 5.75 Å². The largest absolute Gasteiger partial charge is 0.508 e. The number of carbonyl (C=O) groups is 1. The Morgan fingerprint density at radius 3 is 2.36 bits per heavy atom. The molecule has 4 N–H and O–H groups in total. The van der Waals surface area contributed by atoms with Gasteiger partial charge >= 0.3 is 6.03 Å². The average molecular weight is 546 g/mol. The average Bonchev–Trinajstić information content (AvgIpc) is 3.27. The summed E-state index contributed by atoms with van der Waals surface area (Å²) in [4.78, 5) is 29.9. The third-order valence-electron chi connectivity index (χ3n) is 5.10. The number of fused-ring (bicyclic) bond motifs is 1. The van der Waals surface area contributed by atoms with E-state index in [2.05, 4.69) is 51.8 Å². The van der Waals surface area contributed by atoms with E-state index in [4.69, 9.17) is 4.42 Å². The summed E-state index contributed by atoms with van der Waals surface area (Å²) in [5.41, 5.74) is 3.84. The number of nitrogens with one attached hydrogen (secondary N) is 3. The van der Waals surface area contributed by atoms with Crippen LogP contribution in [0.3, 0.4) is 0 Å². The fourth-order valence-electron chi connectivity index (χ4n) is 3.41. The number of amides is 2.